The van der Waals surface area contributed by atoms with Crippen molar-refractivity contribution in [2.75, 3.05) is 13.6 Å². The molecule has 3 aromatic rings. The summed E-state index contributed by atoms with van der Waals surface area (Å²) in [5.74, 6) is 0.849. The third-order valence-electron chi connectivity index (χ3n) is 4.12. The van der Waals surface area contributed by atoms with Crippen LogP contribution < -0.4 is 10.6 Å². The fourth-order valence-corrected chi connectivity index (χ4v) is 3.64. The monoisotopic (exact) mass is 355 g/mol. The van der Waals surface area contributed by atoms with E-state index in [1.54, 1.807) is 0 Å². The number of nitrogens with one attached hydrogen (secondary N) is 2. The van der Waals surface area contributed by atoms with Crippen molar-refractivity contribution >= 4 is 28.3 Å². The van der Waals surface area contributed by atoms with Gasteiger partial charge < -0.3 is 15.2 Å². The van der Waals surface area contributed by atoms with E-state index in [0.29, 0.717) is 0 Å². The van der Waals surface area contributed by atoms with Crippen LogP contribution in [-0.4, -0.2) is 29.1 Å². The molecule has 0 aliphatic carbocycles. The Kier molecular flexibility index (Phi) is 6.06. The maximum absolute atomic E-state index is 4.43. The molecule has 0 amide bonds. The zero-order chi connectivity index (χ0) is 17.5. The van der Waals surface area contributed by atoms with Gasteiger partial charge in [-0.2, -0.15) is 0 Å². The fourth-order valence-electron chi connectivity index (χ4n) is 2.74. The highest BCUT2D eigenvalue weighted by molar-refractivity contribution is 7.11. The maximum Gasteiger partial charge on any atom is 0.191 e. The molecular weight excluding hydrogens is 330 g/mol. The zero-order valence-corrected chi connectivity index (χ0v) is 15.6. The van der Waals surface area contributed by atoms with Crippen LogP contribution in [0.15, 0.2) is 47.7 Å². The highest BCUT2D eigenvalue weighted by atomic mass is 32.1. The minimum absolute atomic E-state index is 0.816. The number of fused-ring (bicyclic) bond motifs is 1. The van der Waals surface area contributed by atoms with Crippen LogP contribution in [0.1, 0.15) is 23.1 Å². The summed E-state index contributed by atoms with van der Waals surface area (Å²) in [6.07, 6.45) is 4.03. The molecule has 3 rings (SSSR count). The molecule has 0 saturated heterocycles. The molecule has 2 N–H and O–H groups in total. The second-order valence-corrected chi connectivity index (χ2v) is 7.11. The van der Waals surface area contributed by atoms with E-state index in [9.17, 15) is 0 Å². The maximum atomic E-state index is 4.43. The van der Waals surface area contributed by atoms with Gasteiger partial charge >= 0.3 is 0 Å². The summed E-state index contributed by atoms with van der Waals surface area (Å²) in [6.45, 7) is 4.82. The van der Waals surface area contributed by atoms with Crippen LogP contribution >= 0.6 is 11.3 Å². The summed E-state index contributed by atoms with van der Waals surface area (Å²) in [5.41, 5.74) is 2.24. The quantitative estimate of drug-likeness (QED) is 0.388. The van der Waals surface area contributed by atoms with Crippen molar-refractivity contribution in [2.45, 2.75) is 32.9 Å². The van der Waals surface area contributed by atoms with E-state index in [0.717, 1.165) is 44.0 Å². The summed E-state index contributed by atoms with van der Waals surface area (Å²) in [6, 6.07) is 12.6. The number of nitrogens with zero attached hydrogens (tertiary/aromatic N) is 3. The van der Waals surface area contributed by atoms with E-state index in [1.165, 1.54) is 15.3 Å². The van der Waals surface area contributed by atoms with Crippen molar-refractivity contribution in [3.63, 3.8) is 0 Å². The summed E-state index contributed by atoms with van der Waals surface area (Å²) < 4.78 is 2.20. The lowest BCUT2D eigenvalue weighted by atomic mass is 10.3. The molecule has 2 aromatic heterocycles. The first-order valence-corrected chi connectivity index (χ1v) is 9.53. The molecule has 0 aliphatic heterocycles. The van der Waals surface area contributed by atoms with E-state index >= 15 is 0 Å². The normalized spacial score (nSPS) is 11.8. The van der Waals surface area contributed by atoms with Crippen molar-refractivity contribution < 1.29 is 0 Å². The van der Waals surface area contributed by atoms with E-state index in [2.05, 4.69) is 56.4 Å². The average Bonchev–Trinajstić information content (AvgIpc) is 3.28. The Morgan fingerprint density at radius 1 is 1.16 bits per heavy atom. The van der Waals surface area contributed by atoms with Crippen LogP contribution in [0.4, 0.5) is 0 Å². The van der Waals surface area contributed by atoms with Crippen LogP contribution in [0.5, 0.6) is 0 Å². The topological polar surface area (TPSA) is 54.2 Å². The first kappa shape index (κ1) is 17.5. The number of aromatic nitrogens is 2. The molecule has 0 fully saturated rings. The van der Waals surface area contributed by atoms with Crippen molar-refractivity contribution in [3.05, 3.63) is 52.5 Å². The van der Waals surface area contributed by atoms with Crippen LogP contribution in [0.2, 0.25) is 0 Å². The number of imidazole rings is 1. The number of guanidine groups is 1. The molecule has 0 unspecified atom stereocenters. The van der Waals surface area contributed by atoms with Crippen LogP contribution in [0, 0.1) is 0 Å². The molecule has 0 spiro atoms. The van der Waals surface area contributed by atoms with Gasteiger partial charge in [0.1, 0.15) is 0 Å². The van der Waals surface area contributed by atoms with Crippen LogP contribution in [-0.2, 0) is 19.5 Å². The van der Waals surface area contributed by atoms with E-state index < -0.39 is 0 Å². The number of benzene rings is 1. The van der Waals surface area contributed by atoms with Gasteiger partial charge in [0.25, 0.3) is 0 Å². The van der Waals surface area contributed by atoms with Gasteiger partial charge in [-0.1, -0.05) is 19.1 Å². The molecule has 0 radical (unpaired) electrons. The molecule has 5 nitrogen and oxygen atoms in total. The van der Waals surface area contributed by atoms with Crippen molar-refractivity contribution in [3.8, 4) is 0 Å². The Hall–Kier alpha value is -2.34. The average molecular weight is 356 g/mol. The molecule has 1 aromatic carbocycles. The first-order chi connectivity index (χ1) is 12.3. The van der Waals surface area contributed by atoms with E-state index in [-0.39, 0.29) is 0 Å². The lowest BCUT2D eigenvalue weighted by molar-refractivity contribution is 0.637. The third-order valence-corrected chi connectivity index (χ3v) is 5.34. The molecule has 0 saturated carbocycles. The lowest BCUT2D eigenvalue weighted by Gasteiger charge is -2.11. The Morgan fingerprint density at radius 2 is 2.00 bits per heavy atom. The van der Waals surface area contributed by atoms with Gasteiger partial charge in [0.05, 0.1) is 23.9 Å². The predicted molar refractivity (Wildman–Crippen MR) is 106 cm³/mol. The van der Waals surface area contributed by atoms with Crippen molar-refractivity contribution in [2.24, 2.45) is 4.99 Å². The van der Waals surface area contributed by atoms with Gasteiger partial charge in [0.15, 0.2) is 5.96 Å². The fraction of sp³-hybridized carbons (Fsp3) is 0.368. The summed E-state index contributed by atoms with van der Waals surface area (Å²) in [4.78, 5) is 11.5. The molecule has 2 heterocycles. The molecular formula is C19H25N5S. The highest BCUT2D eigenvalue weighted by Crippen LogP contribution is 2.16. The van der Waals surface area contributed by atoms with Gasteiger partial charge in [-0.25, -0.2) is 4.98 Å². The Balaban J connectivity index is 1.42. The van der Waals surface area contributed by atoms with Crippen molar-refractivity contribution in [1.82, 2.24) is 20.2 Å². The number of thiophene rings is 1. The van der Waals surface area contributed by atoms with Gasteiger partial charge in [0, 0.05) is 29.9 Å². The predicted octanol–water partition coefficient (Wildman–Crippen LogP) is 3.42. The summed E-state index contributed by atoms with van der Waals surface area (Å²) >= 11 is 1.86. The number of hydrogen-bond donors (Lipinski definition) is 2. The third kappa shape index (κ3) is 4.60. The Morgan fingerprint density at radius 3 is 2.80 bits per heavy atom. The first-order valence-electron chi connectivity index (χ1n) is 8.72. The van der Waals surface area contributed by atoms with Gasteiger partial charge in [0.2, 0.25) is 0 Å². The van der Waals surface area contributed by atoms with Gasteiger partial charge in [-0.15, -0.1) is 11.3 Å². The van der Waals surface area contributed by atoms with Crippen molar-refractivity contribution in [1.29, 1.82) is 0 Å². The largest absolute Gasteiger partial charge is 0.356 e. The number of aliphatic imine (C=N–C) groups is 1. The van der Waals surface area contributed by atoms with E-state index in [1.807, 2.05) is 36.8 Å². The molecule has 132 valence electrons. The molecule has 6 heteroatoms. The minimum Gasteiger partial charge on any atom is -0.356 e. The highest BCUT2D eigenvalue weighted by Gasteiger charge is 2.03. The lowest BCUT2D eigenvalue weighted by Crippen LogP contribution is -2.37. The molecule has 0 bridgehead atoms. The second-order valence-electron chi connectivity index (χ2n) is 5.85. The van der Waals surface area contributed by atoms with Gasteiger partial charge in [-0.3, -0.25) is 4.99 Å². The van der Waals surface area contributed by atoms with Crippen LogP contribution in [0.25, 0.3) is 11.0 Å². The SMILES string of the molecule is CCc1ccc(CNC(=NC)NCCCn2cnc3ccccc32)s1. The summed E-state index contributed by atoms with van der Waals surface area (Å²) in [5, 5.41) is 6.76. The second kappa shape index (κ2) is 8.67. The minimum atomic E-state index is 0.816. The smallest absolute Gasteiger partial charge is 0.191 e. The molecule has 0 atom stereocenters. The standard InChI is InChI=1S/C19H25N5S/c1-3-15-9-10-16(25-15)13-22-19(20-2)21-11-6-12-24-14-23-17-7-4-5-8-18(17)24/h4-5,7-10,14H,3,6,11-13H2,1-2H3,(H2,20,21,22). The number of aryl methyl sites for hydroxylation is 2. The van der Waals surface area contributed by atoms with Crippen LogP contribution in [0.3, 0.4) is 0 Å². The van der Waals surface area contributed by atoms with E-state index in [4.69, 9.17) is 0 Å². The number of para-hydroxylation sites is 2. The number of hydrogen-bond acceptors (Lipinski definition) is 3. The molecule has 0 aliphatic rings. The number of rotatable bonds is 7. The molecule has 25 heavy (non-hydrogen) atoms. The van der Waals surface area contributed by atoms with Gasteiger partial charge in [-0.05, 0) is 37.1 Å². The zero-order valence-electron chi connectivity index (χ0n) is 14.8. The summed E-state index contributed by atoms with van der Waals surface area (Å²) in [7, 11) is 1.81. The Labute approximate surface area is 152 Å². The Bertz CT molecular complexity index is 833.